The topological polar surface area (TPSA) is 115 Å². The van der Waals surface area contributed by atoms with Gasteiger partial charge in [-0.25, -0.2) is 9.67 Å². The highest BCUT2D eigenvalue weighted by atomic mass is 16.4. The van der Waals surface area contributed by atoms with Crippen LogP contribution in [0.3, 0.4) is 0 Å². The predicted octanol–water partition coefficient (Wildman–Crippen LogP) is 1.56. The number of aromatic nitrogens is 5. The average Bonchev–Trinajstić information content (AvgIpc) is 3.24. The van der Waals surface area contributed by atoms with E-state index in [2.05, 4.69) is 20.5 Å². The molecule has 26 heavy (non-hydrogen) atoms. The van der Waals surface area contributed by atoms with Crippen LogP contribution in [0.4, 0.5) is 5.95 Å². The fourth-order valence-electron chi connectivity index (χ4n) is 2.46. The summed E-state index contributed by atoms with van der Waals surface area (Å²) in [7, 11) is 0. The monoisotopic (exact) mass is 354 g/mol. The van der Waals surface area contributed by atoms with Crippen LogP contribution in [0.15, 0.2) is 42.9 Å². The van der Waals surface area contributed by atoms with E-state index < -0.39 is 11.9 Å². The van der Waals surface area contributed by atoms with Crippen molar-refractivity contribution in [3.8, 4) is 0 Å². The molecule has 3 aromatic rings. The number of aryl methyl sites for hydroxylation is 2. The summed E-state index contributed by atoms with van der Waals surface area (Å²) in [5, 5.41) is 19.6. The third-order valence-corrected chi connectivity index (χ3v) is 3.84. The van der Waals surface area contributed by atoms with Crippen LogP contribution in [0.25, 0.3) is 0 Å². The maximum Gasteiger partial charge on any atom is 0.305 e. The van der Waals surface area contributed by atoms with Crippen molar-refractivity contribution in [1.29, 1.82) is 0 Å². The molecule has 0 aliphatic heterocycles. The molecule has 0 fully saturated rings. The van der Waals surface area contributed by atoms with Gasteiger partial charge in [-0.05, 0) is 24.1 Å². The first-order chi connectivity index (χ1) is 12.5. The fourth-order valence-corrected chi connectivity index (χ4v) is 2.46. The number of carboxylic acid groups (broad SMARTS) is 1. The molecule has 0 spiro atoms. The summed E-state index contributed by atoms with van der Waals surface area (Å²) in [4.78, 5) is 27.1. The molecule has 3 rings (SSSR count). The van der Waals surface area contributed by atoms with Crippen LogP contribution in [0, 0.1) is 6.92 Å². The summed E-state index contributed by atoms with van der Waals surface area (Å²) in [6.07, 6.45) is 2.87. The van der Waals surface area contributed by atoms with Gasteiger partial charge in [0.25, 0.3) is 5.91 Å². The molecule has 0 saturated carbocycles. The Hall–Kier alpha value is -3.49. The minimum Gasteiger partial charge on any atom is -0.481 e. The average molecular weight is 354 g/mol. The van der Waals surface area contributed by atoms with Crippen molar-refractivity contribution < 1.29 is 14.7 Å². The Morgan fingerprint density at radius 1 is 1.23 bits per heavy atom. The van der Waals surface area contributed by atoms with E-state index in [4.69, 9.17) is 5.11 Å². The second-order valence-electron chi connectivity index (χ2n) is 5.73. The zero-order valence-corrected chi connectivity index (χ0v) is 14.2. The van der Waals surface area contributed by atoms with E-state index >= 15 is 0 Å². The van der Waals surface area contributed by atoms with Gasteiger partial charge in [-0.2, -0.15) is 5.10 Å². The molecule has 2 N–H and O–H groups in total. The van der Waals surface area contributed by atoms with Crippen molar-refractivity contribution in [2.75, 3.05) is 5.32 Å². The summed E-state index contributed by atoms with van der Waals surface area (Å²) in [5.41, 5.74) is 2.51. The molecular formula is C17H18N6O3. The second-order valence-corrected chi connectivity index (χ2v) is 5.73. The van der Waals surface area contributed by atoms with Gasteiger partial charge >= 0.3 is 5.97 Å². The third kappa shape index (κ3) is 4.12. The Morgan fingerprint density at radius 2 is 2.04 bits per heavy atom. The number of carboxylic acids is 1. The van der Waals surface area contributed by atoms with E-state index in [1.807, 2.05) is 31.2 Å². The van der Waals surface area contributed by atoms with Crippen LogP contribution in [-0.2, 0) is 17.9 Å². The van der Waals surface area contributed by atoms with Crippen molar-refractivity contribution >= 4 is 17.8 Å². The first kappa shape index (κ1) is 17.3. The summed E-state index contributed by atoms with van der Waals surface area (Å²) < 4.78 is 2.98. The lowest BCUT2D eigenvalue weighted by atomic mass is 10.1. The zero-order chi connectivity index (χ0) is 18.5. The van der Waals surface area contributed by atoms with Crippen LogP contribution in [0.1, 0.15) is 28.0 Å². The van der Waals surface area contributed by atoms with Crippen LogP contribution in [0.2, 0.25) is 0 Å². The fraction of sp³-hybridized carbons (Fsp3) is 0.235. The van der Waals surface area contributed by atoms with Crippen LogP contribution in [-0.4, -0.2) is 41.5 Å². The molecule has 9 heteroatoms. The van der Waals surface area contributed by atoms with Gasteiger partial charge in [0.1, 0.15) is 12.0 Å². The molecule has 1 aromatic carbocycles. The van der Waals surface area contributed by atoms with E-state index in [1.165, 1.54) is 16.9 Å². The van der Waals surface area contributed by atoms with E-state index in [0.29, 0.717) is 6.54 Å². The molecule has 9 nitrogen and oxygen atoms in total. The molecule has 2 aromatic heterocycles. The summed E-state index contributed by atoms with van der Waals surface area (Å²) in [6, 6.07) is 9.48. The lowest BCUT2D eigenvalue weighted by Crippen LogP contribution is -2.19. The maximum atomic E-state index is 12.4. The van der Waals surface area contributed by atoms with Crippen LogP contribution >= 0.6 is 0 Å². The third-order valence-electron chi connectivity index (χ3n) is 3.84. The molecule has 134 valence electrons. The predicted molar refractivity (Wildman–Crippen MR) is 92.7 cm³/mol. The number of nitrogens with zero attached hydrogens (tertiary/aromatic N) is 5. The minimum atomic E-state index is -0.955. The first-order valence-electron chi connectivity index (χ1n) is 8.02. The Bertz CT molecular complexity index is 930. The quantitative estimate of drug-likeness (QED) is 0.665. The van der Waals surface area contributed by atoms with Gasteiger partial charge in [0.15, 0.2) is 0 Å². The van der Waals surface area contributed by atoms with Crippen molar-refractivity contribution in [3.05, 3.63) is 59.7 Å². The van der Waals surface area contributed by atoms with Gasteiger partial charge in [0.05, 0.1) is 19.5 Å². The van der Waals surface area contributed by atoms with Gasteiger partial charge in [0.2, 0.25) is 5.95 Å². The summed E-state index contributed by atoms with van der Waals surface area (Å²) in [6.45, 7) is 2.68. The Kier molecular flexibility index (Phi) is 5.07. The van der Waals surface area contributed by atoms with Gasteiger partial charge < -0.3 is 5.11 Å². The highest BCUT2D eigenvalue weighted by Gasteiger charge is 2.15. The minimum absolute atomic E-state index is 0.111. The number of aliphatic carboxylic acids is 1. The van der Waals surface area contributed by atoms with E-state index in [1.54, 1.807) is 11.0 Å². The number of amides is 1. The standard InChI is InChI=1S/C17H18N6O3/c1-12-4-2-3-5-13(12)10-22-11-18-17(21-22)20-16(26)14-6-8-19-23(14)9-7-15(24)25/h2-6,8,11H,7,9-10H2,1H3,(H,24,25)(H,20,21,26). The lowest BCUT2D eigenvalue weighted by Gasteiger charge is -2.06. The van der Waals surface area contributed by atoms with Gasteiger partial charge in [-0.3, -0.25) is 19.6 Å². The molecule has 1 amide bonds. The number of rotatable bonds is 7. The highest BCUT2D eigenvalue weighted by molar-refractivity contribution is 6.01. The van der Waals surface area contributed by atoms with Crippen LogP contribution < -0.4 is 5.32 Å². The number of carbonyl (C=O) groups is 2. The molecule has 0 bridgehead atoms. The SMILES string of the molecule is Cc1ccccc1Cn1cnc(NC(=O)c2ccnn2CCC(=O)O)n1. The van der Waals surface area contributed by atoms with E-state index in [9.17, 15) is 9.59 Å². The second kappa shape index (κ2) is 7.60. The van der Waals surface area contributed by atoms with Crippen molar-refractivity contribution in [2.24, 2.45) is 0 Å². The highest BCUT2D eigenvalue weighted by Crippen LogP contribution is 2.10. The first-order valence-corrected chi connectivity index (χ1v) is 8.02. The maximum absolute atomic E-state index is 12.4. The molecule has 0 unspecified atom stereocenters. The smallest absolute Gasteiger partial charge is 0.305 e. The summed E-state index contributed by atoms with van der Waals surface area (Å²) >= 11 is 0. The Balaban J connectivity index is 1.66. The number of benzene rings is 1. The largest absolute Gasteiger partial charge is 0.481 e. The zero-order valence-electron chi connectivity index (χ0n) is 14.2. The van der Waals surface area contributed by atoms with Gasteiger partial charge in [-0.15, -0.1) is 5.10 Å². The van der Waals surface area contributed by atoms with Gasteiger partial charge in [0, 0.05) is 6.20 Å². The number of nitrogens with one attached hydrogen (secondary N) is 1. The Labute approximate surface area is 149 Å². The number of hydrogen-bond acceptors (Lipinski definition) is 5. The molecule has 0 aliphatic carbocycles. The van der Waals surface area contributed by atoms with Crippen molar-refractivity contribution in [1.82, 2.24) is 24.5 Å². The van der Waals surface area contributed by atoms with E-state index in [-0.39, 0.29) is 24.6 Å². The number of hydrogen-bond donors (Lipinski definition) is 2. The number of anilines is 1. The molecular weight excluding hydrogens is 336 g/mol. The molecule has 0 saturated heterocycles. The Morgan fingerprint density at radius 3 is 2.81 bits per heavy atom. The van der Waals surface area contributed by atoms with Crippen molar-refractivity contribution in [2.45, 2.75) is 26.4 Å². The van der Waals surface area contributed by atoms with Gasteiger partial charge in [-0.1, -0.05) is 24.3 Å². The molecule has 0 atom stereocenters. The molecule has 2 heterocycles. The summed E-state index contributed by atoms with van der Waals surface area (Å²) in [5.74, 6) is -1.22. The van der Waals surface area contributed by atoms with Crippen LogP contribution in [0.5, 0.6) is 0 Å². The molecule has 0 radical (unpaired) electrons. The normalized spacial score (nSPS) is 10.7. The number of carbonyl (C=O) groups excluding carboxylic acids is 1. The lowest BCUT2D eigenvalue weighted by molar-refractivity contribution is -0.137. The molecule has 0 aliphatic rings. The van der Waals surface area contributed by atoms with E-state index in [0.717, 1.165) is 11.1 Å². The van der Waals surface area contributed by atoms with Crippen molar-refractivity contribution in [3.63, 3.8) is 0 Å².